The van der Waals surface area contributed by atoms with Crippen LogP contribution in [-0.2, 0) is 0 Å². The van der Waals surface area contributed by atoms with E-state index in [0.29, 0.717) is 31.6 Å². The van der Waals surface area contributed by atoms with Gasteiger partial charge in [0.2, 0.25) is 0 Å². The Bertz CT molecular complexity index is 795. The summed E-state index contributed by atoms with van der Waals surface area (Å²) in [4.78, 5) is 14.8. The summed E-state index contributed by atoms with van der Waals surface area (Å²) in [5.74, 6) is -0.292. The number of urea groups is 1. The minimum atomic E-state index is -0.959. The van der Waals surface area contributed by atoms with Crippen molar-refractivity contribution < 1.29 is 14.3 Å². The predicted molar refractivity (Wildman–Crippen MR) is 103 cm³/mol. The van der Waals surface area contributed by atoms with E-state index in [-0.39, 0.29) is 11.8 Å². The fourth-order valence-corrected chi connectivity index (χ4v) is 4.47. The number of nitrogens with zero attached hydrogens (tertiary/aromatic N) is 3. The minimum absolute atomic E-state index is 0.222. The number of carbonyl (C=O) groups is 1. The highest BCUT2D eigenvalue weighted by molar-refractivity contribution is 8.00. The smallest absolute Gasteiger partial charge is 0.321 e. The summed E-state index contributed by atoms with van der Waals surface area (Å²) in [7, 11) is 0. The molecule has 3 rings (SSSR count). The second-order valence-corrected chi connectivity index (χ2v) is 8.85. The molecule has 1 aliphatic rings. The number of piperidine rings is 1. The Morgan fingerprint density at radius 2 is 2.04 bits per heavy atom. The predicted octanol–water partition coefficient (Wildman–Crippen LogP) is 3.55. The maximum absolute atomic E-state index is 13.5. The molecule has 2 heterocycles. The highest BCUT2D eigenvalue weighted by atomic mass is 32.2. The Morgan fingerprint density at radius 3 is 2.67 bits per heavy atom. The van der Waals surface area contributed by atoms with Crippen molar-refractivity contribution in [2.75, 3.05) is 18.4 Å². The van der Waals surface area contributed by atoms with Crippen LogP contribution in [0.25, 0.3) is 0 Å². The van der Waals surface area contributed by atoms with Gasteiger partial charge in [0.15, 0.2) is 0 Å². The van der Waals surface area contributed by atoms with Crippen molar-refractivity contribution in [2.45, 2.75) is 41.9 Å². The number of halogens is 1. The number of hydrogen-bond acceptors (Lipinski definition) is 5. The monoisotopic (exact) mass is 390 g/mol. The third-order valence-corrected chi connectivity index (χ3v) is 6.38. The number of nitrogens with one attached hydrogen (secondary N) is 1. The van der Waals surface area contributed by atoms with Gasteiger partial charge in [0, 0.05) is 22.7 Å². The summed E-state index contributed by atoms with van der Waals surface area (Å²) in [6.07, 6.45) is 3.89. The molecule has 0 radical (unpaired) electrons. The fourth-order valence-electron chi connectivity index (χ4n) is 3.17. The molecule has 1 aromatic carbocycles. The molecular weight excluding hydrogens is 367 g/mol. The lowest BCUT2D eigenvalue weighted by atomic mass is 9.81. The standard InChI is InChI=1S/C19H23FN4O2S/c1-18(2,27-16-5-3-4-14(20)12-16)19(26)7-10-24(11-8-19)17(25)23-15-6-9-21-22-13-15/h3-6,9,12-13,26H,7-8,10-11H2,1-2H3,(H,21,23,25). The van der Waals surface area contributed by atoms with Crippen LogP contribution in [0, 0.1) is 5.82 Å². The van der Waals surface area contributed by atoms with Crippen LogP contribution in [0.2, 0.25) is 0 Å². The van der Waals surface area contributed by atoms with E-state index < -0.39 is 10.3 Å². The SMILES string of the molecule is CC(C)(Sc1cccc(F)c1)C1(O)CCN(C(=O)Nc2ccnnc2)CC1. The Labute approximate surface area is 162 Å². The van der Waals surface area contributed by atoms with Gasteiger partial charge in [-0.15, -0.1) is 11.8 Å². The van der Waals surface area contributed by atoms with Gasteiger partial charge in [-0.25, -0.2) is 9.18 Å². The van der Waals surface area contributed by atoms with E-state index in [2.05, 4.69) is 15.5 Å². The summed E-state index contributed by atoms with van der Waals surface area (Å²) in [6.45, 7) is 4.80. The van der Waals surface area contributed by atoms with Crippen molar-refractivity contribution in [2.24, 2.45) is 0 Å². The van der Waals surface area contributed by atoms with Gasteiger partial charge in [-0.1, -0.05) is 6.07 Å². The van der Waals surface area contributed by atoms with E-state index in [9.17, 15) is 14.3 Å². The van der Waals surface area contributed by atoms with E-state index in [1.807, 2.05) is 19.9 Å². The van der Waals surface area contributed by atoms with Crippen LogP contribution < -0.4 is 5.32 Å². The molecule has 6 nitrogen and oxygen atoms in total. The lowest BCUT2D eigenvalue weighted by molar-refractivity contribution is -0.0347. The molecule has 0 bridgehead atoms. The topological polar surface area (TPSA) is 78.4 Å². The molecule has 0 aliphatic carbocycles. The second-order valence-electron chi connectivity index (χ2n) is 7.15. The molecule has 27 heavy (non-hydrogen) atoms. The number of thioether (sulfide) groups is 1. The summed E-state index contributed by atoms with van der Waals surface area (Å²) in [5, 5.41) is 21.4. The molecule has 0 atom stereocenters. The van der Waals surface area contributed by atoms with Crippen molar-refractivity contribution >= 4 is 23.5 Å². The van der Waals surface area contributed by atoms with Crippen LogP contribution in [0.15, 0.2) is 47.6 Å². The highest BCUT2D eigenvalue weighted by Crippen LogP contribution is 2.45. The summed E-state index contributed by atoms with van der Waals surface area (Å²) >= 11 is 1.45. The third kappa shape index (κ3) is 4.56. The van der Waals surface area contributed by atoms with Crippen LogP contribution in [0.5, 0.6) is 0 Å². The van der Waals surface area contributed by atoms with Crippen LogP contribution in [0.1, 0.15) is 26.7 Å². The summed E-state index contributed by atoms with van der Waals surface area (Å²) < 4.78 is 12.9. The van der Waals surface area contributed by atoms with Crippen LogP contribution in [0.4, 0.5) is 14.9 Å². The van der Waals surface area contributed by atoms with Crippen LogP contribution in [-0.4, -0.2) is 49.7 Å². The van der Waals surface area contributed by atoms with E-state index >= 15 is 0 Å². The number of aliphatic hydroxyl groups is 1. The molecular formula is C19H23FN4O2S. The number of likely N-dealkylation sites (tertiary alicyclic amines) is 1. The molecule has 144 valence electrons. The van der Waals surface area contributed by atoms with Crippen molar-refractivity contribution in [3.05, 3.63) is 48.5 Å². The molecule has 1 saturated heterocycles. The first-order valence-electron chi connectivity index (χ1n) is 8.79. The van der Waals surface area contributed by atoms with E-state index in [4.69, 9.17) is 0 Å². The lowest BCUT2D eigenvalue weighted by Crippen LogP contribution is -2.56. The molecule has 8 heteroatoms. The first kappa shape index (κ1) is 19.6. The average molecular weight is 390 g/mol. The van der Waals surface area contributed by atoms with Gasteiger partial charge in [0.1, 0.15) is 5.82 Å². The van der Waals surface area contributed by atoms with Crippen molar-refractivity contribution in [3.8, 4) is 0 Å². The first-order valence-corrected chi connectivity index (χ1v) is 9.60. The van der Waals surface area contributed by atoms with Gasteiger partial charge >= 0.3 is 6.03 Å². The third-order valence-electron chi connectivity index (χ3n) is 5.00. The summed E-state index contributed by atoms with van der Waals surface area (Å²) in [6, 6.07) is 7.83. The Morgan fingerprint density at radius 1 is 1.30 bits per heavy atom. The van der Waals surface area contributed by atoms with E-state index in [0.717, 1.165) is 4.90 Å². The Kier molecular flexibility index (Phi) is 5.67. The molecule has 1 aliphatic heterocycles. The number of anilines is 1. The Hall–Kier alpha value is -2.19. The molecule has 0 spiro atoms. The van der Waals surface area contributed by atoms with E-state index in [1.165, 1.54) is 36.3 Å². The number of rotatable bonds is 4. The molecule has 1 aromatic heterocycles. The number of hydrogen-bond donors (Lipinski definition) is 2. The van der Waals surface area contributed by atoms with Gasteiger partial charge in [-0.3, -0.25) is 0 Å². The van der Waals surface area contributed by atoms with Gasteiger partial charge < -0.3 is 15.3 Å². The molecule has 0 unspecified atom stereocenters. The van der Waals surface area contributed by atoms with Crippen molar-refractivity contribution in [1.82, 2.24) is 15.1 Å². The minimum Gasteiger partial charge on any atom is -0.388 e. The number of aromatic nitrogens is 2. The molecule has 2 aromatic rings. The number of carbonyl (C=O) groups excluding carboxylic acids is 1. The molecule has 1 fully saturated rings. The second kappa shape index (κ2) is 7.82. The van der Waals surface area contributed by atoms with Crippen LogP contribution in [0.3, 0.4) is 0 Å². The quantitative estimate of drug-likeness (QED) is 0.781. The molecule has 2 amide bonds. The van der Waals surface area contributed by atoms with Gasteiger partial charge in [0.25, 0.3) is 0 Å². The normalized spacial score (nSPS) is 16.8. The van der Waals surface area contributed by atoms with Gasteiger partial charge in [-0.2, -0.15) is 10.2 Å². The molecule has 2 N–H and O–H groups in total. The van der Waals surface area contributed by atoms with Crippen molar-refractivity contribution in [3.63, 3.8) is 0 Å². The number of amides is 2. The summed E-state index contributed by atoms with van der Waals surface area (Å²) in [5.41, 5.74) is -0.378. The van der Waals surface area contributed by atoms with Crippen LogP contribution >= 0.6 is 11.8 Å². The largest absolute Gasteiger partial charge is 0.388 e. The zero-order valence-corrected chi connectivity index (χ0v) is 16.2. The Balaban J connectivity index is 1.61. The zero-order valence-electron chi connectivity index (χ0n) is 15.4. The van der Waals surface area contributed by atoms with Gasteiger partial charge in [-0.05, 0) is 51.0 Å². The van der Waals surface area contributed by atoms with Crippen molar-refractivity contribution in [1.29, 1.82) is 0 Å². The maximum atomic E-state index is 13.5. The van der Waals surface area contributed by atoms with Gasteiger partial charge in [0.05, 0.1) is 23.7 Å². The molecule has 0 saturated carbocycles. The number of benzene rings is 1. The lowest BCUT2D eigenvalue weighted by Gasteiger charge is -2.47. The maximum Gasteiger partial charge on any atom is 0.321 e. The van der Waals surface area contributed by atoms with E-state index in [1.54, 1.807) is 17.0 Å². The zero-order chi connectivity index (χ0) is 19.5. The fraction of sp³-hybridized carbons (Fsp3) is 0.421. The highest BCUT2D eigenvalue weighted by Gasteiger charge is 2.46. The first-order chi connectivity index (χ1) is 12.8. The average Bonchev–Trinajstić information content (AvgIpc) is 2.62.